The Bertz CT molecular complexity index is 507. The molecule has 0 amide bonds. The molecule has 0 aromatic carbocycles. The average Bonchev–Trinajstić information content (AvgIpc) is 2.47. The van der Waals surface area contributed by atoms with Gasteiger partial charge in [-0.2, -0.15) is 5.10 Å². The normalized spacial score (nSPS) is 10.7. The summed E-state index contributed by atoms with van der Waals surface area (Å²) in [5.41, 5.74) is 2.82. The van der Waals surface area contributed by atoms with Gasteiger partial charge in [0.25, 0.3) is 0 Å². The molecule has 0 atom stereocenters. The van der Waals surface area contributed by atoms with Crippen molar-refractivity contribution in [1.29, 1.82) is 0 Å². The quantitative estimate of drug-likeness (QED) is 0.805. The fourth-order valence-electron chi connectivity index (χ4n) is 1.40. The van der Waals surface area contributed by atoms with Crippen molar-refractivity contribution in [3.05, 3.63) is 39.3 Å². The van der Waals surface area contributed by atoms with E-state index < -0.39 is 0 Å². The molecule has 0 saturated carbocycles. The molecular formula is C10H9BrClN3. The molecule has 0 aliphatic heterocycles. The lowest BCUT2D eigenvalue weighted by Gasteiger charge is -2.05. The zero-order valence-electron chi connectivity index (χ0n) is 8.33. The van der Waals surface area contributed by atoms with E-state index in [0.29, 0.717) is 5.02 Å². The fraction of sp³-hybridized carbons (Fsp3) is 0.200. The van der Waals surface area contributed by atoms with Gasteiger partial charge in [0.2, 0.25) is 0 Å². The maximum absolute atomic E-state index is 6.05. The number of nitrogens with zero attached hydrogens (tertiary/aromatic N) is 3. The smallest absolute Gasteiger partial charge is 0.0866 e. The SMILES string of the molecule is Cc1nn(-c2ccncc2Cl)c(C)c1Br. The summed E-state index contributed by atoms with van der Waals surface area (Å²) in [5, 5.41) is 4.99. The Balaban J connectivity index is 2.65. The van der Waals surface area contributed by atoms with Crippen LogP contribution in [0, 0.1) is 13.8 Å². The van der Waals surface area contributed by atoms with Crippen molar-refractivity contribution in [1.82, 2.24) is 14.8 Å². The molecule has 0 unspecified atom stereocenters. The summed E-state index contributed by atoms with van der Waals surface area (Å²) in [6.45, 7) is 3.93. The Morgan fingerprint density at radius 2 is 2.13 bits per heavy atom. The first-order chi connectivity index (χ1) is 7.11. The van der Waals surface area contributed by atoms with Crippen LogP contribution in [0.2, 0.25) is 5.02 Å². The molecule has 0 spiro atoms. The van der Waals surface area contributed by atoms with Crippen LogP contribution >= 0.6 is 27.5 Å². The first-order valence-corrected chi connectivity index (χ1v) is 5.60. The highest BCUT2D eigenvalue weighted by atomic mass is 79.9. The monoisotopic (exact) mass is 285 g/mol. The van der Waals surface area contributed by atoms with Crippen molar-refractivity contribution in [3.63, 3.8) is 0 Å². The van der Waals surface area contributed by atoms with Gasteiger partial charge in [-0.15, -0.1) is 0 Å². The third-order valence-electron chi connectivity index (χ3n) is 2.18. The molecule has 0 fully saturated rings. The van der Waals surface area contributed by atoms with Crippen LogP contribution in [-0.2, 0) is 0 Å². The largest absolute Gasteiger partial charge is 0.263 e. The van der Waals surface area contributed by atoms with Crippen molar-refractivity contribution in [2.45, 2.75) is 13.8 Å². The zero-order valence-corrected chi connectivity index (χ0v) is 10.7. The molecule has 0 saturated heterocycles. The highest BCUT2D eigenvalue weighted by Gasteiger charge is 2.12. The molecule has 15 heavy (non-hydrogen) atoms. The lowest BCUT2D eigenvalue weighted by molar-refractivity contribution is 0.831. The third kappa shape index (κ3) is 1.79. The number of halogens is 2. The standard InChI is InChI=1S/C10H9BrClN3/c1-6-10(11)7(2)15(14-6)9-3-4-13-5-8(9)12/h3-5H,1-2H3. The molecular weight excluding hydrogens is 277 g/mol. The Morgan fingerprint density at radius 1 is 1.40 bits per heavy atom. The van der Waals surface area contributed by atoms with Gasteiger partial charge in [-0.05, 0) is 35.8 Å². The third-order valence-corrected chi connectivity index (χ3v) is 3.62. The first-order valence-electron chi connectivity index (χ1n) is 4.43. The zero-order chi connectivity index (χ0) is 11.0. The number of pyridine rings is 1. The van der Waals surface area contributed by atoms with Gasteiger partial charge in [-0.1, -0.05) is 11.6 Å². The molecule has 2 heterocycles. The van der Waals surface area contributed by atoms with E-state index in [1.54, 1.807) is 12.4 Å². The number of hydrogen-bond acceptors (Lipinski definition) is 2. The molecule has 2 aromatic rings. The van der Waals surface area contributed by atoms with E-state index in [2.05, 4.69) is 26.0 Å². The predicted molar refractivity (Wildman–Crippen MR) is 63.5 cm³/mol. The van der Waals surface area contributed by atoms with E-state index in [1.807, 2.05) is 24.6 Å². The van der Waals surface area contributed by atoms with Gasteiger partial charge in [0, 0.05) is 12.4 Å². The number of hydrogen-bond donors (Lipinski definition) is 0. The van der Waals surface area contributed by atoms with Gasteiger partial charge in [0.15, 0.2) is 0 Å². The van der Waals surface area contributed by atoms with Crippen LogP contribution in [0.1, 0.15) is 11.4 Å². The van der Waals surface area contributed by atoms with Crippen LogP contribution in [-0.4, -0.2) is 14.8 Å². The molecule has 5 heteroatoms. The van der Waals surface area contributed by atoms with Gasteiger partial charge >= 0.3 is 0 Å². The molecule has 0 radical (unpaired) electrons. The minimum atomic E-state index is 0.593. The summed E-state index contributed by atoms with van der Waals surface area (Å²) in [6.07, 6.45) is 3.31. The van der Waals surface area contributed by atoms with Crippen molar-refractivity contribution in [3.8, 4) is 5.69 Å². The van der Waals surface area contributed by atoms with Gasteiger partial charge in [-0.3, -0.25) is 4.98 Å². The maximum atomic E-state index is 6.05. The molecule has 0 aliphatic carbocycles. The van der Waals surface area contributed by atoms with Gasteiger partial charge in [0.05, 0.1) is 26.6 Å². The number of aryl methyl sites for hydroxylation is 1. The van der Waals surface area contributed by atoms with Crippen LogP contribution in [0.3, 0.4) is 0 Å². The molecule has 2 rings (SSSR count). The highest BCUT2D eigenvalue weighted by Crippen LogP contribution is 2.25. The summed E-state index contributed by atoms with van der Waals surface area (Å²) in [7, 11) is 0. The van der Waals surface area contributed by atoms with E-state index in [4.69, 9.17) is 11.6 Å². The van der Waals surface area contributed by atoms with Crippen LogP contribution in [0.15, 0.2) is 22.9 Å². The second-order valence-electron chi connectivity index (χ2n) is 3.22. The minimum absolute atomic E-state index is 0.593. The van der Waals surface area contributed by atoms with E-state index in [0.717, 1.165) is 21.5 Å². The second-order valence-corrected chi connectivity index (χ2v) is 4.42. The van der Waals surface area contributed by atoms with Crippen molar-refractivity contribution >= 4 is 27.5 Å². The summed E-state index contributed by atoms with van der Waals surface area (Å²) >= 11 is 9.53. The van der Waals surface area contributed by atoms with Gasteiger partial charge in [0.1, 0.15) is 0 Å². The lowest BCUT2D eigenvalue weighted by Crippen LogP contribution is -2.00. The Labute approximate surface area is 101 Å². The molecule has 78 valence electrons. The van der Waals surface area contributed by atoms with Crippen LogP contribution in [0.25, 0.3) is 5.69 Å². The maximum Gasteiger partial charge on any atom is 0.0866 e. The molecule has 2 aromatic heterocycles. The van der Waals surface area contributed by atoms with Gasteiger partial charge in [-0.25, -0.2) is 4.68 Å². The summed E-state index contributed by atoms with van der Waals surface area (Å²) < 4.78 is 2.82. The first kappa shape index (κ1) is 10.6. The molecule has 0 N–H and O–H groups in total. The molecule has 0 aliphatic rings. The van der Waals surface area contributed by atoms with E-state index >= 15 is 0 Å². The van der Waals surface area contributed by atoms with Crippen LogP contribution in [0.4, 0.5) is 0 Å². The summed E-state index contributed by atoms with van der Waals surface area (Å²) in [6, 6.07) is 1.84. The summed E-state index contributed by atoms with van der Waals surface area (Å²) in [5.74, 6) is 0. The van der Waals surface area contributed by atoms with Crippen molar-refractivity contribution < 1.29 is 0 Å². The van der Waals surface area contributed by atoms with Crippen molar-refractivity contribution in [2.75, 3.05) is 0 Å². The highest BCUT2D eigenvalue weighted by molar-refractivity contribution is 9.10. The molecule has 0 bridgehead atoms. The summed E-state index contributed by atoms with van der Waals surface area (Å²) in [4.78, 5) is 3.94. The topological polar surface area (TPSA) is 30.7 Å². The predicted octanol–water partition coefficient (Wildman–Crippen LogP) is 3.30. The van der Waals surface area contributed by atoms with Crippen molar-refractivity contribution in [2.24, 2.45) is 0 Å². The van der Waals surface area contributed by atoms with Crippen LogP contribution in [0.5, 0.6) is 0 Å². The number of rotatable bonds is 1. The van der Waals surface area contributed by atoms with E-state index in [9.17, 15) is 0 Å². The van der Waals surface area contributed by atoms with Crippen LogP contribution < -0.4 is 0 Å². The Morgan fingerprint density at radius 3 is 2.67 bits per heavy atom. The Kier molecular flexibility index (Phi) is 2.80. The Hall–Kier alpha value is -0.870. The minimum Gasteiger partial charge on any atom is -0.263 e. The number of aromatic nitrogens is 3. The van der Waals surface area contributed by atoms with E-state index in [1.165, 1.54) is 0 Å². The molecule has 3 nitrogen and oxygen atoms in total. The fourth-order valence-corrected chi connectivity index (χ4v) is 1.84. The average molecular weight is 287 g/mol. The lowest BCUT2D eigenvalue weighted by atomic mass is 10.3. The second kappa shape index (κ2) is 3.94. The van der Waals surface area contributed by atoms with Gasteiger partial charge < -0.3 is 0 Å². The van der Waals surface area contributed by atoms with E-state index in [-0.39, 0.29) is 0 Å².